The molecule has 5 heteroatoms. The maximum Gasteiger partial charge on any atom is 0.322 e. The molecule has 0 heterocycles. The van der Waals surface area contributed by atoms with E-state index in [1.165, 1.54) is 7.11 Å². The molecule has 0 rings (SSSR count). The third-order valence-electron chi connectivity index (χ3n) is 3.44. The van der Waals surface area contributed by atoms with E-state index in [0.717, 1.165) is 32.5 Å². The topological polar surface area (TPSA) is 50.8 Å². The molecule has 0 aromatic carbocycles. The van der Waals surface area contributed by atoms with Gasteiger partial charge in [0, 0.05) is 26.2 Å². The summed E-state index contributed by atoms with van der Waals surface area (Å²) in [4.78, 5) is 14.0. The Labute approximate surface area is 117 Å². The van der Waals surface area contributed by atoms with Gasteiger partial charge in [-0.1, -0.05) is 13.8 Å². The minimum absolute atomic E-state index is 0.183. The second-order valence-electron chi connectivity index (χ2n) is 4.71. The van der Waals surface area contributed by atoms with Crippen molar-refractivity contribution in [2.75, 3.05) is 40.5 Å². The van der Waals surface area contributed by atoms with Gasteiger partial charge in [0.1, 0.15) is 6.04 Å². The van der Waals surface area contributed by atoms with Crippen molar-refractivity contribution in [1.29, 1.82) is 0 Å². The second kappa shape index (κ2) is 11.2. The molecule has 0 amide bonds. The van der Waals surface area contributed by atoms with Crippen molar-refractivity contribution in [3.05, 3.63) is 0 Å². The number of carbonyl (C=O) groups excluding carboxylic acids is 1. The molecule has 0 aliphatic rings. The fourth-order valence-corrected chi connectivity index (χ4v) is 2.01. The van der Waals surface area contributed by atoms with Crippen LogP contribution in [0.25, 0.3) is 0 Å². The molecule has 0 spiro atoms. The lowest BCUT2D eigenvalue weighted by Gasteiger charge is -2.29. The van der Waals surface area contributed by atoms with Crippen molar-refractivity contribution >= 4 is 5.97 Å². The molecule has 2 atom stereocenters. The Kier molecular flexibility index (Phi) is 10.8. The van der Waals surface area contributed by atoms with E-state index in [1.54, 1.807) is 7.11 Å². The summed E-state index contributed by atoms with van der Waals surface area (Å²) < 4.78 is 9.96. The van der Waals surface area contributed by atoms with Gasteiger partial charge in [0.05, 0.1) is 13.7 Å². The highest BCUT2D eigenvalue weighted by Crippen LogP contribution is 2.06. The van der Waals surface area contributed by atoms with Gasteiger partial charge in [-0.05, 0) is 26.3 Å². The monoisotopic (exact) mass is 274 g/mol. The summed E-state index contributed by atoms with van der Waals surface area (Å²) in [6.07, 6.45) is 1.85. The Bertz CT molecular complexity index is 237. The first kappa shape index (κ1) is 18.4. The molecule has 0 fully saturated rings. The number of hydrogen-bond donors (Lipinski definition) is 1. The van der Waals surface area contributed by atoms with Crippen LogP contribution in [-0.2, 0) is 14.3 Å². The zero-order valence-corrected chi connectivity index (χ0v) is 13.1. The first-order valence-corrected chi connectivity index (χ1v) is 7.14. The molecule has 1 N–H and O–H groups in total. The quantitative estimate of drug-likeness (QED) is 0.575. The van der Waals surface area contributed by atoms with Gasteiger partial charge >= 0.3 is 5.97 Å². The lowest BCUT2D eigenvalue weighted by Crippen LogP contribution is -2.43. The number of nitrogens with zero attached hydrogens (tertiary/aromatic N) is 1. The highest BCUT2D eigenvalue weighted by molar-refractivity contribution is 5.75. The second-order valence-corrected chi connectivity index (χ2v) is 4.71. The molecule has 2 unspecified atom stereocenters. The van der Waals surface area contributed by atoms with Crippen LogP contribution in [0.4, 0.5) is 0 Å². The predicted molar refractivity (Wildman–Crippen MR) is 77.3 cm³/mol. The van der Waals surface area contributed by atoms with Crippen molar-refractivity contribution in [1.82, 2.24) is 10.2 Å². The highest BCUT2D eigenvalue weighted by Gasteiger charge is 2.20. The van der Waals surface area contributed by atoms with E-state index >= 15 is 0 Å². The maximum absolute atomic E-state index is 11.6. The van der Waals surface area contributed by atoms with E-state index in [2.05, 4.69) is 24.1 Å². The average molecular weight is 274 g/mol. The highest BCUT2D eigenvalue weighted by atomic mass is 16.5. The molecular formula is C14H30N2O3. The number of nitrogens with one attached hydrogen (secondary N) is 1. The van der Waals surface area contributed by atoms with Gasteiger partial charge < -0.3 is 14.8 Å². The van der Waals surface area contributed by atoms with Crippen LogP contribution in [0.15, 0.2) is 0 Å². The minimum atomic E-state index is -0.218. The molecule has 19 heavy (non-hydrogen) atoms. The lowest BCUT2D eigenvalue weighted by molar-refractivity contribution is -0.143. The van der Waals surface area contributed by atoms with Crippen LogP contribution < -0.4 is 5.32 Å². The van der Waals surface area contributed by atoms with Crippen molar-refractivity contribution in [2.45, 2.75) is 45.7 Å². The molecule has 0 aromatic heterocycles. The molecule has 0 saturated heterocycles. The van der Waals surface area contributed by atoms with Crippen molar-refractivity contribution in [2.24, 2.45) is 0 Å². The van der Waals surface area contributed by atoms with Crippen LogP contribution >= 0.6 is 0 Å². The number of methoxy groups -OCH3 is 2. The van der Waals surface area contributed by atoms with E-state index in [9.17, 15) is 4.79 Å². The average Bonchev–Trinajstić information content (AvgIpc) is 2.44. The summed E-state index contributed by atoms with van der Waals surface area (Å²) in [5.74, 6) is -0.183. The minimum Gasteiger partial charge on any atom is -0.468 e. The Balaban J connectivity index is 4.34. The summed E-state index contributed by atoms with van der Waals surface area (Å²) in [6, 6.07) is 0.277. The van der Waals surface area contributed by atoms with Gasteiger partial charge in [0.15, 0.2) is 0 Å². The first-order chi connectivity index (χ1) is 9.10. The number of ether oxygens (including phenoxy) is 2. The summed E-state index contributed by atoms with van der Waals surface area (Å²) in [7, 11) is 3.15. The Morgan fingerprint density at radius 2 is 1.95 bits per heavy atom. The van der Waals surface area contributed by atoms with Gasteiger partial charge in [-0.15, -0.1) is 0 Å². The number of rotatable bonds is 11. The van der Waals surface area contributed by atoms with Gasteiger partial charge in [0.25, 0.3) is 0 Å². The number of esters is 1. The van der Waals surface area contributed by atoms with Gasteiger partial charge in [0.2, 0.25) is 0 Å². The zero-order valence-electron chi connectivity index (χ0n) is 13.1. The molecule has 5 nitrogen and oxygen atoms in total. The molecule has 0 radical (unpaired) electrons. The molecule has 0 saturated carbocycles. The molecule has 114 valence electrons. The molecule has 0 aromatic rings. The molecule has 0 aliphatic carbocycles. The Morgan fingerprint density at radius 1 is 1.26 bits per heavy atom. The smallest absolute Gasteiger partial charge is 0.322 e. The summed E-state index contributed by atoms with van der Waals surface area (Å²) >= 11 is 0. The summed E-state index contributed by atoms with van der Waals surface area (Å²) in [5, 5.41) is 3.17. The fraction of sp³-hybridized carbons (Fsp3) is 0.929. The van der Waals surface area contributed by atoms with E-state index in [1.807, 2.05) is 6.92 Å². The van der Waals surface area contributed by atoms with Gasteiger partial charge in [-0.25, -0.2) is 0 Å². The SMILES string of the molecule is CCNC(CCN(CCOC)C(C)CC)C(=O)OC. The van der Waals surface area contributed by atoms with Crippen molar-refractivity contribution in [3.63, 3.8) is 0 Å². The maximum atomic E-state index is 11.6. The van der Waals surface area contributed by atoms with E-state index in [4.69, 9.17) is 9.47 Å². The largest absolute Gasteiger partial charge is 0.468 e. The lowest BCUT2D eigenvalue weighted by atomic mass is 10.1. The number of likely N-dealkylation sites (N-methyl/N-ethyl adjacent to an activating group) is 1. The van der Waals surface area contributed by atoms with Crippen LogP contribution in [0.5, 0.6) is 0 Å². The summed E-state index contributed by atoms with van der Waals surface area (Å²) in [5.41, 5.74) is 0. The van der Waals surface area contributed by atoms with Gasteiger partial charge in [-0.3, -0.25) is 9.69 Å². The van der Waals surface area contributed by atoms with E-state index in [0.29, 0.717) is 12.6 Å². The third kappa shape index (κ3) is 7.50. The molecule has 0 bridgehead atoms. The number of carbonyl (C=O) groups is 1. The molecular weight excluding hydrogens is 244 g/mol. The normalized spacial score (nSPS) is 14.4. The van der Waals surface area contributed by atoms with Crippen molar-refractivity contribution < 1.29 is 14.3 Å². The van der Waals surface area contributed by atoms with Crippen LogP contribution in [0, 0.1) is 0 Å². The summed E-state index contributed by atoms with van der Waals surface area (Å²) in [6.45, 7) is 9.61. The Morgan fingerprint density at radius 3 is 2.42 bits per heavy atom. The van der Waals surface area contributed by atoms with Crippen LogP contribution in [0.1, 0.15) is 33.6 Å². The standard InChI is InChI=1S/C14H30N2O3/c1-6-12(3)16(10-11-18-4)9-8-13(15-7-2)14(17)19-5/h12-13,15H,6-11H2,1-5H3. The number of hydrogen-bond acceptors (Lipinski definition) is 5. The van der Waals surface area contributed by atoms with Crippen LogP contribution in [-0.4, -0.2) is 63.4 Å². The van der Waals surface area contributed by atoms with E-state index < -0.39 is 0 Å². The first-order valence-electron chi connectivity index (χ1n) is 7.14. The van der Waals surface area contributed by atoms with Crippen LogP contribution in [0.2, 0.25) is 0 Å². The predicted octanol–water partition coefficient (Wildman–Crippen LogP) is 1.27. The van der Waals surface area contributed by atoms with Gasteiger partial charge in [-0.2, -0.15) is 0 Å². The zero-order chi connectivity index (χ0) is 14.7. The third-order valence-corrected chi connectivity index (χ3v) is 3.44. The molecule has 0 aliphatic heterocycles. The van der Waals surface area contributed by atoms with Crippen LogP contribution in [0.3, 0.4) is 0 Å². The Hall–Kier alpha value is -0.650. The van der Waals surface area contributed by atoms with E-state index in [-0.39, 0.29) is 12.0 Å². The fourth-order valence-electron chi connectivity index (χ4n) is 2.01. The van der Waals surface area contributed by atoms with Crippen molar-refractivity contribution in [3.8, 4) is 0 Å².